The lowest BCUT2D eigenvalue weighted by molar-refractivity contribution is 0.143. The van der Waals surface area contributed by atoms with E-state index in [1.165, 1.54) is 0 Å². The number of ether oxygens (including phenoxy) is 1. The van der Waals surface area contributed by atoms with Gasteiger partial charge in [-0.2, -0.15) is 0 Å². The molecular weight excluding hydrogens is 262 g/mol. The zero-order valence-electron chi connectivity index (χ0n) is 11.3. The van der Waals surface area contributed by atoms with Gasteiger partial charge < -0.3 is 4.74 Å². The zero-order valence-corrected chi connectivity index (χ0v) is 12.1. The van der Waals surface area contributed by atoms with E-state index in [0.29, 0.717) is 6.61 Å². The largest absolute Gasteiger partial charge is 0.381 e. The normalized spacial score (nSPS) is 21.0. The van der Waals surface area contributed by atoms with Crippen LogP contribution in [0.3, 0.4) is 0 Å². The van der Waals surface area contributed by atoms with E-state index in [9.17, 15) is 8.42 Å². The SMILES string of the molecule is Cc1ccccc1CS(=O)(=O)NC1CCCOCC1. The predicted molar refractivity (Wildman–Crippen MR) is 75.4 cm³/mol. The highest BCUT2D eigenvalue weighted by molar-refractivity contribution is 7.88. The number of sulfonamides is 1. The molecule has 2 rings (SSSR count). The standard InChI is InChI=1S/C14H21NO3S/c1-12-5-2-3-6-13(12)11-19(16,17)15-14-7-4-9-18-10-8-14/h2-3,5-6,14-15H,4,7-11H2,1H3. The van der Waals surface area contributed by atoms with E-state index >= 15 is 0 Å². The fraction of sp³-hybridized carbons (Fsp3) is 0.571. The highest BCUT2D eigenvalue weighted by Gasteiger charge is 2.20. The molecule has 1 fully saturated rings. The van der Waals surface area contributed by atoms with Gasteiger partial charge >= 0.3 is 0 Å². The Kier molecular flexibility index (Phi) is 4.96. The van der Waals surface area contributed by atoms with Crippen LogP contribution >= 0.6 is 0 Å². The van der Waals surface area contributed by atoms with E-state index in [1.807, 2.05) is 31.2 Å². The molecule has 1 aliphatic heterocycles. The van der Waals surface area contributed by atoms with Crippen LogP contribution in [0.15, 0.2) is 24.3 Å². The molecule has 0 aliphatic carbocycles. The van der Waals surface area contributed by atoms with Crippen molar-refractivity contribution in [1.29, 1.82) is 0 Å². The maximum atomic E-state index is 12.2. The summed E-state index contributed by atoms with van der Waals surface area (Å²) in [5.41, 5.74) is 1.87. The Labute approximate surface area is 115 Å². The lowest BCUT2D eigenvalue weighted by Crippen LogP contribution is -2.35. The minimum Gasteiger partial charge on any atom is -0.381 e. The summed E-state index contributed by atoms with van der Waals surface area (Å²) in [6, 6.07) is 7.60. The second-order valence-corrected chi connectivity index (χ2v) is 6.80. The Balaban J connectivity index is 2.00. The second kappa shape index (κ2) is 6.50. The maximum absolute atomic E-state index is 12.2. The van der Waals surface area contributed by atoms with Gasteiger partial charge in [0, 0.05) is 19.3 Å². The summed E-state index contributed by atoms with van der Waals surface area (Å²) in [4.78, 5) is 0. The maximum Gasteiger partial charge on any atom is 0.216 e. The molecule has 1 aliphatic rings. The Bertz CT molecular complexity index is 505. The average Bonchev–Trinajstić information content (AvgIpc) is 2.60. The van der Waals surface area contributed by atoms with Gasteiger partial charge in [0.2, 0.25) is 10.0 Å². The van der Waals surface area contributed by atoms with Crippen LogP contribution in [0, 0.1) is 6.92 Å². The second-order valence-electron chi connectivity index (χ2n) is 5.04. The predicted octanol–water partition coefficient (Wildman–Crippen LogP) is 1.98. The third-order valence-electron chi connectivity index (χ3n) is 3.40. The van der Waals surface area contributed by atoms with E-state index in [4.69, 9.17) is 4.74 Å². The summed E-state index contributed by atoms with van der Waals surface area (Å²) in [6.45, 7) is 3.30. The van der Waals surface area contributed by atoms with Crippen molar-refractivity contribution in [1.82, 2.24) is 4.72 Å². The van der Waals surface area contributed by atoms with Crippen LogP contribution in [-0.2, 0) is 20.5 Å². The van der Waals surface area contributed by atoms with E-state index in [1.54, 1.807) is 0 Å². The molecule has 0 radical (unpaired) electrons. The zero-order chi connectivity index (χ0) is 13.7. The van der Waals surface area contributed by atoms with E-state index in [0.717, 1.165) is 37.0 Å². The molecule has 1 N–H and O–H groups in total. The Morgan fingerprint density at radius 1 is 1.26 bits per heavy atom. The summed E-state index contributed by atoms with van der Waals surface area (Å²) >= 11 is 0. The molecule has 0 aromatic heterocycles. The van der Waals surface area contributed by atoms with Gasteiger partial charge in [-0.15, -0.1) is 0 Å². The molecule has 106 valence electrons. The molecule has 1 heterocycles. The molecule has 0 amide bonds. The van der Waals surface area contributed by atoms with Crippen molar-refractivity contribution in [2.24, 2.45) is 0 Å². The average molecular weight is 283 g/mol. The van der Waals surface area contributed by atoms with Gasteiger partial charge in [-0.05, 0) is 37.3 Å². The molecule has 1 aromatic rings. The summed E-state index contributed by atoms with van der Waals surface area (Å²) in [6.07, 6.45) is 2.53. The quantitative estimate of drug-likeness (QED) is 0.919. The van der Waals surface area contributed by atoms with Crippen molar-refractivity contribution >= 4 is 10.0 Å². The number of nitrogens with one attached hydrogen (secondary N) is 1. The highest BCUT2D eigenvalue weighted by Crippen LogP contribution is 2.14. The molecule has 5 heteroatoms. The Hall–Kier alpha value is -0.910. The van der Waals surface area contributed by atoms with Gasteiger partial charge in [0.15, 0.2) is 0 Å². The Morgan fingerprint density at radius 2 is 2.05 bits per heavy atom. The Morgan fingerprint density at radius 3 is 2.84 bits per heavy atom. The third-order valence-corrected chi connectivity index (χ3v) is 4.79. The molecule has 0 bridgehead atoms. The first kappa shape index (κ1) is 14.5. The molecule has 1 aromatic carbocycles. The first-order valence-corrected chi connectivity index (χ1v) is 8.34. The van der Waals surface area contributed by atoms with Crippen molar-refractivity contribution in [3.63, 3.8) is 0 Å². The number of rotatable bonds is 4. The molecule has 4 nitrogen and oxygen atoms in total. The number of hydrogen-bond acceptors (Lipinski definition) is 3. The first-order valence-electron chi connectivity index (χ1n) is 6.69. The molecule has 1 saturated heterocycles. The number of hydrogen-bond donors (Lipinski definition) is 1. The lowest BCUT2D eigenvalue weighted by Gasteiger charge is -2.16. The van der Waals surface area contributed by atoms with E-state index < -0.39 is 10.0 Å². The van der Waals surface area contributed by atoms with Gasteiger partial charge in [0.25, 0.3) is 0 Å². The summed E-state index contributed by atoms with van der Waals surface area (Å²) < 4.78 is 32.5. The molecule has 0 saturated carbocycles. The fourth-order valence-corrected chi connectivity index (χ4v) is 3.85. The van der Waals surface area contributed by atoms with Crippen LogP contribution in [-0.4, -0.2) is 27.7 Å². The number of benzene rings is 1. The molecule has 1 unspecified atom stereocenters. The minimum absolute atomic E-state index is 0.0107. The van der Waals surface area contributed by atoms with Crippen LogP contribution < -0.4 is 4.72 Å². The van der Waals surface area contributed by atoms with Crippen LogP contribution in [0.2, 0.25) is 0 Å². The van der Waals surface area contributed by atoms with Crippen molar-refractivity contribution in [2.45, 2.75) is 38.0 Å². The van der Waals surface area contributed by atoms with Gasteiger partial charge in [-0.1, -0.05) is 24.3 Å². The number of aryl methyl sites for hydroxylation is 1. The lowest BCUT2D eigenvalue weighted by atomic mass is 10.1. The van der Waals surface area contributed by atoms with Crippen molar-refractivity contribution in [2.75, 3.05) is 13.2 Å². The molecule has 1 atom stereocenters. The molecular formula is C14H21NO3S. The van der Waals surface area contributed by atoms with Crippen molar-refractivity contribution < 1.29 is 13.2 Å². The topological polar surface area (TPSA) is 55.4 Å². The summed E-state index contributed by atoms with van der Waals surface area (Å²) in [5.74, 6) is 0.0526. The van der Waals surface area contributed by atoms with Gasteiger partial charge in [-0.3, -0.25) is 0 Å². The van der Waals surface area contributed by atoms with Gasteiger partial charge in [0.05, 0.1) is 5.75 Å². The smallest absolute Gasteiger partial charge is 0.216 e. The van der Waals surface area contributed by atoms with E-state index in [-0.39, 0.29) is 11.8 Å². The van der Waals surface area contributed by atoms with Crippen LogP contribution in [0.4, 0.5) is 0 Å². The van der Waals surface area contributed by atoms with Crippen LogP contribution in [0.25, 0.3) is 0 Å². The third kappa shape index (κ3) is 4.60. The monoisotopic (exact) mass is 283 g/mol. The minimum atomic E-state index is -3.28. The van der Waals surface area contributed by atoms with Crippen LogP contribution in [0.5, 0.6) is 0 Å². The van der Waals surface area contributed by atoms with Gasteiger partial charge in [-0.25, -0.2) is 13.1 Å². The highest BCUT2D eigenvalue weighted by atomic mass is 32.2. The van der Waals surface area contributed by atoms with Crippen molar-refractivity contribution in [3.8, 4) is 0 Å². The fourth-order valence-electron chi connectivity index (χ4n) is 2.29. The summed E-state index contributed by atoms with van der Waals surface area (Å²) in [5, 5.41) is 0. The van der Waals surface area contributed by atoms with Crippen molar-refractivity contribution in [3.05, 3.63) is 35.4 Å². The van der Waals surface area contributed by atoms with Gasteiger partial charge in [0.1, 0.15) is 0 Å². The first-order chi connectivity index (χ1) is 9.07. The summed E-state index contributed by atoms with van der Waals surface area (Å²) in [7, 11) is -3.28. The van der Waals surface area contributed by atoms with E-state index in [2.05, 4.69) is 4.72 Å². The van der Waals surface area contributed by atoms with Crippen LogP contribution in [0.1, 0.15) is 30.4 Å². The molecule has 19 heavy (non-hydrogen) atoms. The molecule has 0 spiro atoms.